The fourth-order valence-electron chi connectivity index (χ4n) is 0.965. The fourth-order valence-corrected chi connectivity index (χ4v) is 1.63. The van der Waals surface area contributed by atoms with Crippen LogP contribution in [0.3, 0.4) is 0 Å². The molecule has 0 heterocycles. The number of halogens is 1. The van der Waals surface area contributed by atoms with Gasteiger partial charge in [-0.2, -0.15) is 10.0 Å². The second-order valence-corrected chi connectivity index (χ2v) is 8.27. The molecule has 15 heavy (non-hydrogen) atoms. The number of carbonyl (C=O) groups is 1. The molecule has 1 nitrogen and oxygen atoms in total. The molecule has 0 atom stereocenters. The SMILES string of the molecule is CS(C)(C)C#Cc1cc(Cl)cc(C=O)c1. The largest absolute Gasteiger partial charge is 0.298 e. The van der Waals surface area contributed by atoms with Gasteiger partial charge in [-0.05, 0) is 42.2 Å². The lowest BCUT2D eigenvalue weighted by molar-refractivity contribution is 0.112. The molecule has 0 aliphatic carbocycles. The summed E-state index contributed by atoms with van der Waals surface area (Å²) in [6.07, 6.45) is 7.13. The Bertz CT molecular complexity index is 435. The number of benzene rings is 1. The first-order valence-electron chi connectivity index (χ1n) is 4.37. The number of aldehydes is 1. The van der Waals surface area contributed by atoms with Crippen molar-refractivity contribution in [3.05, 3.63) is 34.3 Å². The predicted octanol–water partition coefficient (Wildman–Crippen LogP) is 3.16. The van der Waals surface area contributed by atoms with E-state index in [1.165, 1.54) is 0 Å². The van der Waals surface area contributed by atoms with E-state index in [0.717, 1.165) is 11.8 Å². The topological polar surface area (TPSA) is 17.1 Å². The lowest BCUT2D eigenvalue weighted by Crippen LogP contribution is -1.87. The van der Waals surface area contributed by atoms with Gasteiger partial charge in [0.1, 0.15) is 6.29 Å². The highest BCUT2D eigenvalue weighted by atomic mass is 35.5. The molecule has 0 unspecified atom stereocenters. The van der Waals surface area contributed by atoms with E-state index < -0.39 is 10.0 Å². The molecule has 3 heteroatoms. The minimum atomic E-state index is -0.847. The predicted molar refractivity (Wildman–Crippen MR) is 69.1 cm³/mol. The summed E-state index contributed by atoms with van der Waals surface area (Å²) in [5, 5.41) is 3.72. The summed E-state index contributed by atoms with van der Waals surface area (Å²) in [5.74, 6) is 3.04. The molecule has 0 bridgehead atoms. The Labute approximate surface area is 97.1 Å². The molecule has 80 valence electrons. The van der Waals surface area contributed by atoms with Crippen molar-refractivity contribution >= 4 is 27.9 Å². The van der Waals surface area contributed by atoms with E-state index in [9.17, 15) is 4.79 Å². The Hall–Kier alpha value is -0.910. The van der Waals surface area contributed by atoms with Gasteiger partial charge in [-0.1, -0.05) is 17.5 Å². The van der Waals surface area contributed by atoms with Gasteiger partial charge in [0.05, 0.1) is 0 Å². The van der Waals surface area contributed by atoms with Crippen molar-refractivity contribution in [2.24, 2.45) is 0 Å². The van der Waals surface area contributed by atoms with Gasteiger partial charge < -0.3 is 0 Å². The van der Waals surface area contributed by atoms with Crippen LogP contribution in [0, 0.1) is 11.2 Å². The van der Waals surface area contributed by atoms with Crippen LogP contribution in [-0.2, 0) is 0 Å². The van der Waals surface area contributed by atoms with Crippen molar-refractivity contribution in [3.63, 3.8) is 0 Å². The Balaban J connectivity index is 3.09. The van der Waals surface area contributed by atoms with Gasteiger partial charge in [0.2, 0.25) is 0 Å². The van der Waals surface area contributed by atoms with Crippen LogP contribution >= 0.6 is 21.6 Å². The molecule has 0 N–H and O–H groups in total. The molecule has 0 fully saturated rings. The van der Waals surface area contributed by atoms with Crippen LogP contribution in [0.5, 0.6) is 0 Å². The maximum Gasteiger partial charge on any atom is 0.150 e. The van der Waals surface area contributed by atoms with Gasteiger partial charge in [-0.15, -0.1) is 0 Å². The summed E-state index contributed by atoms with van der Waals surface area (Å²) in [6, 6.07) is 5.15. The summed E-state index contributed by atoms with van der Waals surface area (Å²) in [7, 11) is -0.847. The van der Waals surface area contributed by atoms with Crippen molar-refractivity contribution in [2.75, 3.05) is 18.8 Å². The third kappa shape index (κ3) is 4.42. The standard InChI is InChI=1S/C12H13ClOS/c1-15(2,3)5-4-10-6-11(9-14)8-12(13)7-10/h6-9H,1-3H3. The summed E-state index contributed by atoms with van der Waals surface area (Å²) < 4.78 is 0. The summed E-state index contributed by atoms with van der Waals surface area (Å²) in [4.78, 5) is 10.6. The van der Waals surface area contributed by atoms with Crippen molar-refractivity contribution in [1.82, 2.24) is 0 Å². The van der Waals surface area contributed by atoms with Crippen LogP contribution in [0.4, 0.5) is 0 Å². The maximum absolute atomic E-state index is 10.6. The van der Waals surface area contributed by atoms with Gasteiger partial charge in [-0.3, -0.25) is 4.79 Å². The van der Waals surface area contributed by atoms with Gasteiger partial charge in [-0.25, -0.2) is 0 Å². The minimum Gasteiger partial charge on any atom is -0.298 e. The zero-order valence-corrected chi connectivity index (χ0v) is 10.6. The number of hydrogen-bond donors (Lipinski definition) is 0. The highest BCUT2D eigenvalue weighted by Crippen LogP contribution is 2.32. The molecule has 1 aromatic rings. The summed E-state index contributed by atoms with van der Waals surface area (Å²) in [6.45, 7) is 0. The molecule has 0 saturated carbocycles. The fraction of sp³-hybridized carbons (Fsp3) is 0.250. The first-order valence-corrected chi connectivity index (χ1v) is 7.61. The third-order valence-corrected chi connectivity index (χ3v) is 2.49. The van der Waals surface area contributed by atoms with Crippen molar-refractivity contribution in [2.45, 2.75) is 0 Å². The second-order valence-electron chi connectivity index (χ2n) is 3.96. The highest BCUT2D eigenvalue weighted by Gasteiger charge is 1.99. The molecule has 1 rings (SSSR count). The van der Waals surface area contributed by atoms with Gasteiger partial charge >= 0.3 is 0 Å². The second kappa shape index (κ2) is 4.74. The Morgan fingerprint density at radius 2 is 1.93 bits per heavy atom. The monoisotopic (exact) mass is 240 g/mol. The summed E-state index contributed by atoms with van der Waals surface area (Å²) >= 11 is 5.86. The molecule has 0 saturated heterocycles. The van der Waals surface area contributed by atoms with Crippen molar-refractivity contribution in [3.8, 4) is 11.2 Å². The molecule has 0 aliphatic rings. The number of rotatable bonds is 1. The quantitative estimate of drug-likeness (QED) is 0.545. The van der Waals surface area contributed by atoms with E-state index in [0.29, 0.717) is 10.6 Å². The van der Waals surface area contributed by atoms with Crippen LogP contribution in [0.25, 0.3) is 0 Å². The van der Waals surface area contributed by atoms with Gasteiger partial charge in [0.25, 0.3) is 0 Å². The number of carbonyl (C=O) groups excluding carboxylic acids is 1. The molecule has 0 amide bonds. The van der Waals surface area contributed by atoms with Crippen LogP contribution in [-0.4, -0.2) is 25.1 Å². The van der Waals surface area contributed by atoms with E-state index in [1.54, 1.807) is 18.2 Å². The molecule has 1 aromatic carbocycles. The maximum atomic E-state index is 10.6. The smallest absolute Gasteiger partial charge is 0.150 e. The number of hydrogen-bond acceptors (Lipinski definition) is 1. The first kappa shape index (κ1) is 12.2. The molecule has 0 aliphatic heterocycles. The zero-order chi connectivity index (χ0) is 11.5. The Morgan fingerprint density at radius 1 is 1.27 bits per heavy atom. The van der Waals surface area contributed by atoms with E-state index in [4.69, 9.17) is 11.6 Å². The van der Waals surface area contributed by atoms with E-state index >= 15 is 0 Å². The highest BCUT2D eigenvalue weighted by molar-refractivity contribution is 8.35. The van der Waals surface area contributed by atoms with E-state index in [2.05, 4.69) is 29.9 Å². The lowest BCUT2D eigenvalue weighted by atomic mass is 10.1. The van der Waals surface area contributed by atoms with Crippen LogP contribution in [0.15, 0.2) is 18.2 Å². The van der Waals surface area contributed by atoms with Crippen molar-refractivity contribution < 1.29 is 4.79 Å². The summed E-state index contributed by atoms with van der Waals surface area (Å²) in [5.41, 5.74) is 1.36. The van der Waals surface area contributed by atoms with Crippen LogP contribution in [0.2, 0.25) is 5.02 Å². The first-order chi connectivity index (χ1) is 6.90. The van der Waals surface area contributed by atoms with Gasteiger partial charge in [0, 0.05) is 16.1 Å². The molecule has 0 radical (unpaired) electrons. The van der Waals surface area contributed by atoms with Gasteiger partial charge in [0.15, 0.2) is 0 Å². The third-order valence-electron chi connectivity index (χ3n) is 1.56. The average Bonchev–Trinajstić information content (AvgIpc) is 2.13. The Morgan fingerprint density at radius 3 is 2.47 bits per heavy atom. The minimum absolute atomic E-state index is 0.549. The molecular formula is C12H13ClOS. The molecule has 0 aromatic heterocycles. The average molecular weight is 241 g/mol. The molecular weight excluding hydrogens is 228 g/mol. The van der Waals surface area contributed by atoms with Crippen LogP contribution < -0.4 is 0 Å². The van der Waals surface area contributed by atoms with Crippen LogP contribution in [0.1, 0.15) is 15.9 Å². The molecule has 0 spiro atoms. The van der Waals surface area contributed by atoms with E-state index in [-0.39, 0.29) is 0 Å². The zero-order valence-electron chi connectivity index (χ0n) is 9.00. The van der Waals surface area contributed by atoms with E-state index in [1.807, 2.05) is 0 Å². The normalized spacial score (nSPS) is 11.5. The van der Waals surface area contributed by atoms with Crippen molar-refractivity contribution in [1.29, 1.82) is 0 Å². The lowest BCUT2D eigenvalue weighted by Gasteiger charge is -2.14. The Kier molecular flexibility index (Phi) is 3.84.